The van der Waals surface area contributed by atoms with Crippen molar-refractivity contribution in [3.8, 4) is 0 Å². The summed E-state index contributed by atoms with van der Waals surface area (Å²) in [6, 6.07) is 0.199. The average Bonchev–Trinajstić information content (AvgIpc) is 2.96. The maximum atomic E-state index is 12.4. The van der Waals surface area contributed by atoms with E-state index >= 15 is 0 Å². The van der Waals surface area contributed by atoms with Crippen molar-refractivity contribution >= 4 is 22.4 Å². The molecule has 5 unspecified atom stereocenters. The first kappa shape index (κ1) is 16.4. The Hall–Kier alpha value is -0.980. The highest BCUT2D eigenvalue weighted by Crippen LogP contribution is 2.33. The van der Waals surface area contributed by atoms with Crippen LogP contribution in [-0.4, -0.2) is 29.6 Å². The van der Waals surface area contributed by atoms with Gasteiger partial charge in [0, 0.05) is 11.4 Å². The summed E-state index contributed by atoms with van der Waals surface area (Å²) in [6.45, 7) is 11.1. The Morgan fingerprint density at radius 1 is 1.43 bits per heavy atom. The minimum absolute atomic E-state index is 0.0105. The van der Waals surface area contributed by atoms with E-state index in [0.717, 1.165) is 12.2 Å². The van der Waals surface area contributed by atoms with E-state index in [1.807, 2.05) is 19.2 Å². The number of aromatic nitrogens is 1. The van der Waals surface area contributed by atoms with Gasteiger partial charge in [-0.2, -0.15) is 0 Å². The number of anilines is 1. The molecule has 1 saturated heterocycles. The van der Waals surface area contributed by atoms with Crippen LogP contribution in [0.15, 0.2) is 5.38 Å². The summed E-state index contributed by atoms with van der Waals surface area (Å²) in [5, 5.41) is 8.91. The van der Waals surface area contributed by atoms with Crippen LogP contribution >= 0.6 is 11.3 Å². The maximum absolute atomic E-state index is 12.4. The number of thiazole rings is 1. The summed E-state index contributed by atoms with van der Waals surface area (Å²) in [6.07, 6.45) is 0.0755. The smallest absolute Gasteiger partial charge is 0.232 e. The Morgan fingerprint density at radius 3 is 2.71 bits per heavy atom. The monoisotopic (exact) mass is 311 g/mol. The summed E-state index contributed by atoms with van der Waals surface area (Å²) in [7, 11) is 0. The lowest BCUT2D eigenvalue weighted by molar-refractivity contribution is -0.121. The van der Waals surface area contributed by atoms with Crippen molar-refractivity contribution in [2.45, 2.75) is 52.9 Å². The van der Waals surface area contributed by atoms with E-state index in [-0.39, 0.29) is 36.0 Å². The number of carbonyl (C=O) groups is 1. The van der Waals surface area contributed by atoms with Gasteiger partial charge >= 0.3 is 0 Å². The first-order valence-corrected chi connectivity index (χ1v) is 8.47. The molecule has 21 heavy (non-hydrogen) atoms. The van der Waals surface area contributed by atoms with E-state index in [0.29, 0.717) is 5.13 Å². The normalized spacial score (nSPS) is 30.3. The lowest BCUT2D eigenvalue weighted by Crippen LogP contribution is -2.32. The zero-order valence-electron chi connectivity index (χ0n) is 13.3. The molecule has 0 aliphatic carbocycles. The van der Waals surface area contributed by atoms with Crippen molar-refractivity contribution < 1.29 is 9.53 Å². The molecule has 1 aliphatic rings. The minimum Gasteiger partial charge on any atom is -0.374 e. The molecule has 1 aromatic rings. The van der Waals surface area contributed by atoms with Crippen molar-refractivity contribution in [1.29, 1.82) is 0 Å². The number of hydrogen-bond acceptors (Lipinski definition) is 5. The number of hydrogen-bond donors (Lipinski definition) is 2. The zero-order chi connectivity index (χ0) is 15.6. The van der Waals surface area contributed by atoms with E-state index < -0.39 is 0 Å². The third kappa shape index (κ3) is 3.62. The van der Waals surface area contributed by atoms with Gasteiger partial charge in [0.05, 0.1) is 23.8 Å². The van der Waals surface area contributed by atoms with Gasteiger partial charge in [-0.1, -0.05) is 13.8 Å². The number of carbonyl (C=O) groups excluding carboxylic acids is 1. The average molecular weight is 311 g/mol. The zero-order valence-corrected chi connectivity index (χ0v) is 14.2. The van der Waals surface area contributed by atoms with Crippen molar-refractivity contribution in [2.75, 3.05) is 11.9 Å². The Bertz CT molecular complexity index is 491. The fourth-order valence-electron chi connectivity index (χ4n) is 2.86. The molecule has 0 radical (unpaired) electrons. The van der Waals surface area contributed by atoms with Crippen molar-refractivity contribution in [3.05, 3.63) is 11.1 Å². The predicted octanol–water partition coefficient (Wildman–Crippen LogP) is 2.81. The highest BCUT2D eigenvalue weighted by Gasteiger charge is 2.41. The van der Waals surface area contributed by atoms with Gasteiger partial charge in [0.2, 0.25) is 5.91 Å². The van der Waals surface area contributed by atoms with Crippen LogP contribution in [0.25, 0.3) is 0 Å². The van der Waals surface area contributed by atoms with Crippen LogP contribution in [0.4, 0.5) is 5.13 Å². The van der Waals surface area contributed by atoms with E-state index in [2.05, 4.69) is 36.4 Å². The second kappa shape index (κ2) is 6.85. The Labute approximate surface area is 130 Å². The Morgan fingerprint density at radius 2 is 2.14 bits per heavy atom. The van der Waals surface area contributed by atoms with Crippen LogP contribution < -0.4 is 10.6 Å². The standard InChI is InChI=1S/C15H25N3O2S/c1-6-16-9(3)12-7-21-15(17-12)18-14(19)13-8(2)10(4)20-11(13)5/h7-11,13,16H,6H2,1-5H3,(H,17,18,19). The molecule has 5 atom stereocenters. The van der Waals surface area contributed by atoms with Crippen molar-refractivity contribution in [3.63, 3.8) is 0 Å². The topological polar surface area (TPSA) is 63.2 Å². The Balaban J connectivity index is 2.00. The second-order valence-electron chi connectivity index (χ2n) is 5.78. The van der Waals surface area contributed by atoms with Gasteiger partial charge < -0.3 is 15.4 Å². The Kier molecular flexibility index (Phi) is 5.35. The first-order chi connectivity index (χ1) is 9.93. The summed E-state index contributed by atoms with van der Waals surface area (Å²) in [5.41, 5.74) is 0.967. The van der Waals surface area contributed by atoms with Gasteiger partial charge in [-0.05, 0) is 33.2 Å². The molecule has 2 heterocycles. The van der Waals surface area contributed by atoms with Crippen LogP contribution in [0.5, 0.6) is 0 Å². The highest BCUT2D eigenvalue weighted by molar-refractivity contribution is 7.13. The molecule has 1 amide bonds. The number of nitrogens with zero attached hydrogens (tertiary/aromatic N) is 1. The number of rotatable bonds is 5. The second-order valence-corrected chi connectivity index (χ2v) is 6.64. The van der Waals surface area contributed by atoms with E-state index in [1.54, 1.807) is 0 Å². The number of ether oxygens (including phenoxy) is 1. The molecule has 5 nitrogen and oxygen atoms in total. The number of amides is 1. The SMILES string of the molecule is CCNC(C)c1csc(NC(=O)C2C(C)OC(C)C2C)n1. The van der Waals surface area contributed by atoms with Crippen molar-refractivity contribution in [2.24, 2.45) is 11.8 Å². The highest BCUT2D eigenvalue weighted by atomic mass is 32.1. The molecule has 118 valence electrons. The third-order valence-corrected chi connectivity index (χ3v) is 5.03. The third-order valence-electron chi connectivity index (χ3n) is 4.25. The van der Waals surface area contributed by atoms with Gasteiger partial charge in [0.25, 0.3) is 0 Å². The van der Waals surface area contributed by atoms with E-state index in [4.69, 9.17) is 4.74 Å². The minimum atomic E-state index is -0.112. The molecule has 0 saturated carbocycles. The fourth-order valence-corrected chi connectivity index (χ4v) is 3.67. The van der Waals surface area contributed by atoms with E-state index in [9.17, 15) is 4.79 Å². The molecule has 1 aliphatic heterocycles. The van der Waals surface area contributed by atoms with Crippen LogP contribution in [0.3, 0.4) is 0 Å². The summed E-state index contributed by atoms with van der Waals surface area (Å²) < 4.78 is 5.73. The molecule has 6 heteroatoms. The summed E-state index contributed by atoms with van der Waals surface area (Å²) >= 11 is 1.47. The largest absolute Gasteiger partial charge is 0.374 e. The molecule has 1 fully saturated rings. The van der Waals surface area contributed by atoms with Gasteiger partial charge in [-0.3, -0.25) is 4.79 Å². The van der Waals surface area contributed by atoms with Gasteiger partial charge in [-0.25, -0.2) is 4.98 Å². The quantitative estimate of drug-likeness (QED) is 0.878. The molecule has 0 aromatic carbocycles. The molecule has 2 rings (SSSR count). The molecule has 0 spiro atoms. The maximum Gasteiger partial charge on any atom is 0.232 e. The van der Waals surface area contributed by atoms with E-state index in [1.165, 1.54) is 11.3 Å². The lowest BCUT2D eigenvalue weighted by Gasteiger charge is -2.16. The molecular weight excluding hydrogens is 286 g/mol. The van der Waals surface area contributed by atoms with Gasteiger partial charge in [-0.15, -0.1) is 11.3 Å². The lowest BCUT2D eigenvalue weighted by atomic mass is 9.89. The van der Waals surface area contributed by atoms with Crippen LogP contribution in [0.2, 0.25) is 0 Å². The molecule has 0 bridgehead atoms. The van der Waals surface area contributed by atoms with Gasteiger partial charge in [0.1, 0.15) is 0 Å². The summed E-state index contributed by atoms with van der Waals surface area (Å²) in [5.74, 6) is 0.120. The molecular formula is C15H25N3O2S. The van der Waals surface area contributed by atoms with Crippen LogP contribution in [0, 0.1) is 11.8 Å². The van der Waals surface area contributed by atoms with Crippen LogP contribution in [0.1, 0.15) is 46.4 Å². The van der Waals surface area contributed by atoms with Crippen LogP contribution in [-0.2, 0) is 9.53 Å². The van der Waals surface area contributed by atoms with Gasteiger partial charge in [0.15, 0.2) is 5.13 Å². The number of nitrogens with one attached hydrogen (secondary N) is 2. The molecule has 2 N–H and O–H groups in total. The fraction of sp³-hybridized carbons (Fsp3) is 0.733. The molecule has 1 aromatic heterocycles. The predicted molar refractivity (Wildman–Crippen MR) is 85.5 cm³/mol. The van der Waals surface area contributed by atoms with Crippen molar-refractivity contribution in [1.82, 2.24) is 10.3 Å². The summed E-state index contributed by atoms with van der Waals surface area (Å²) in [4.78, 5) is 16.9. The first-order valence-electron chi connectivity index (χ1n) is 7.59.